The van der Waals surface area contributed by atoms with E-state index < -0.39 is 12.0 Å². The highest BCUT2D eigenvalue weighted by atomic mass is 32.1. The van der Waals surface area contributed by atoms with Gasteiger partial charge < -0.3 is 18.9 Å². The highest BCUT2D eigenvalue weighted by Crippen LogP contribution is 2.36. The number of hydrogen-bond acceptors (Lipinski definition) is 8. The van der Waals surface area contributed by atoms with Crippen molar-refractivity contribution < 1.29 is 23.7 Å². The molecule has 0 saturated heterocycles. The lowest BCUT2D eigenvalue weighted by Crippen LogP contribution is -2.40. The Morgan fingerprint density at radius 1 is 0.953 bits per heavy atom. The van der Waals surface area contributed by atoms with E-state index in [9.17, 15) is 9.59 Å². The number of carbonyl (C=O) groups is 1. The van der Waals surface area contributed by atoms with E-state index in [0.29, 0.717) is 56.6 Å². The molecule has 1 aromatic heterocycles. The fraction of sp³-hybridized carbons (Fsp3) is 0.265. The molecule has 0 fully saturated rings. The van der Waals surface area contributed by atoms with E-state index in [1.54, 1.807) is 31.6 Å². The first kappa shape index (κ1) is 29.8. The number of esters is 1. The number of hydrogen-bond donors (Lipinski definition) is 0. The van der Waals surface area contributed by atoms with Gasteiger partial charge in [-0.15, -0.1) is 0 Å². The summed E-state index contributed by atoms with van der Waals surface area (Å²) in [6.07, 6.45) is 1.80. The summed E-state index contributed by atoms with van der Waals surface area (Å²) in [6, 6.07) is 20.4. The number of thiazole rings is 1. The van der Waals surface area contributed by atoms with E-state index in [0.717, 1.165) is 16.7 Å². The lowest BCUT2D eigenvalue weighted by atomic mass is 9.95. The van der Waals surface area contributed by atoms with E-state index in [2.05, 4.69) is 11.1 Å². The van der Waals surface area contributed by atoms with Crippen molar-refractivity contribution in [3.8, 4) is 17.2 Å². The van der Waals surface area contributed by atoms with Gasteiger partial charge in [0.05, 0.1) is 36.1 Å². The van der Waals surface area contributed by atoms with Gasteiger partial charge in [-0.2, -0.15) is 0 Å². The molecule has 1 aliphatic heterocycles. The first-order chi connectivity index (χ1) is 20.8. The average Bonchev–Trinajstić information content (AvgIpc) is 3.30. The molecule has 0 saturated carbocycles. The van der Waals surface area contributed by atoms with Crippen LogP contribution in [0.5, 0.6) is 17.2 Å². The standard InChI is InChI=1S/C34H34N2O6S/c1-6-40-26-14-9-8-13-25(26)31-30(33(38)41-7-2)22(4)35-34-36(31)32(37)29(43-34)19-23-15-16-27(28(18-23)39-5)42-20-24-12-10-11-21(3)17-24/h8-19,31H,6-7,20H2,1-5H3/b29-19-/t31-/m1/s1. The number of benzene rings is 3. The molecule has 0 radical (unpaired) electrons. The van der Waals surface area contributed by atoms with Crippen LogP contribution in [-0.2, 0) is 16.1 Å². The topological polar surface area (TPSA) is 88.4 Å². The molecule has 5 rings (SSSR count). The number of ether oxygens (including phenoxy) is 4. The van der Waals surface area contributed by atoms with Gasteiger partial charge in [0, 0.05) is 5.56 Å². The summed E-state index contributed by atoms with van der Waals surface area (Å²) in [4.78, 5) is 32.4. The summed E-state index contributed by atoms with van der Waals surface area (Å²) >= 11 is 1.26. The Morgan fingerprint density at radius 2 is 1.77 bits per heavy atom. The van der Waals surface area contributed by atoms with Crippen molar-refractivity contribution in [2.45, 2.75) is 40.3 Å². The van der Waals surface area contributed by atoms with Crippen LogP contribution in [0.3, 0.4) is 0 Å². The Kier molecular flexibility index (Phi) is 9.11. The third-order valence-electron chi connectivity index (χ3n) is 6.99. The van der Waals surface area contributed by atoms with E-state index in [1.165, 1.54) is 11.3 Å². The van der Waals surface area contributed by atoms with Crippen molar-refractivity contribution in [1.29, 1.82) is 0 Å². The minimum absolute atomic E-state index is 0.201. The summed E-state index contributed by atoms with van der Waals surface area (Å²) in [5.41, 5.74) is 4.21. The van der Waals surface area contributed by atoms with Gasteiger partial charge in [0.25, 0.3) is 5.56 Å². The average molecular weight is 599 g/mol. The molecule has 0 N–H and O–H groups in total. The predicted molar refractivity (Wildman–Crippen MR) is 167 cm³/mol. The summed E-state index contributed by atoms with van der Waals surface area (Å²) < 4.78 is 25.0. The number of nitrogens with zero attached hydrogens (tertiary/aromatic N) is 2. The van der Waals surface area contributed by atoms with Crippen LogP contribution in [0, 0.1) is 6.92 Å². The zero-order chi connectivity index (χ0) is 30.5. The SMILES string of the molecule is CCOC(=O)C1=C(C)N=c2s/c(=C\c3ccc(OCc4cccc(C)c4)c(OC)c3)c(=O)n2[C@@H]1c1ccccc1OCC. The van der Waals surface area contributed by atoms with Gasteiger partial charge in [0.2, 0.25) is 0 Å². The second-order valence-corrected chi connectivity index (χ2v) is 11.0. The minimum Gasteiger partial charge on any atom is -0.494 e. The molecule has 43 heavy (non-hydrogen) atoms. The lowest BCUT2D eigenvalue weighted by molar-refractivity contribution is -0.139. The zero-order valence-electron chi connectivity index (χ0n) is 24.9. The molecule has 0 spiro atoms. The second-order valence-electron chi connectivity index (χ2n) is 9.96. The maximum atomic E-state index is 14.0. The highest BCUT2D eigenvalue weighted by Gasteiger charge is 2.35. The Balaban J connectivity index is 1.57. The second kappa shape index (κ2) is 13.1. The quantitative estimate of drug-likeness (QED) is 0.236. The molecule has 2 heterocycles. The Hall–Kier alpha value is -4.63. The van der Waals surface area contributed by atoms with Gasteiger partial charge in [0.1, 0.15) is 18.4 Å². The van der Waals surface area contributed by atoms with Gasteiger partial charge in [0.15, 0.2) is 16.3 Å². The molecule has 0 unspecified atom stereocenters. The van der Waals surface area contributed by atoms with Crippen molar-refractivity contribution in [2.24, 2.45) is 4.99 Å². The molecule has 1 aliphatic rings. The number of methoxy groups -OCH3 is 1. The van der Waals surface area contributed by atoms with Gasteiger partial charge in [-0.3, -0.25) is 9.36 Å². The van der Waals surface area contributed by atoms with Gasteiger partial charge in [-0.05, 0) is 63.1 Å². The fourth-order valence-electron chi connectivity index (χ4n) is 5.09. The maximum Gasteiger partial charge on any atom is 0.338 e. The first-order valence-electron chi connectivity index (χ1n) is 14.1. The number of fused-ring (bicyclic) bond motifs is 1. The molecule has 3 aromatic carbocycles. The number of carbonyl (C=O) groups excluding carboxylic acids is 1. The van der Waals surface area contributed by atoms with Crippen LogP contribution in [0.4, 0.5) is 0 Å². The molecule has 1 atom stereocenters. The van der Waals surface area contributed by atoms with Crippen molar-refractivity contribution in [2.75, 3.05) is 20.3 Å². The molecular formula is C34H34N2O6S. The predicted octanol–water partition coefficient (Wildman–Crippen LogP) is 5.09. The molecule has 4 aromatic rings. The van der Waals surface area contributed by atoms with Crippen LogP contribution in [0.1, 0.15) is 49.1 Å². The largest absolute Gasteiger partial charge is 0.494 e. The lowest BCUT2D eigenvalue weighted by Gasteiger charge is -2.26. The van der Waals surface area contributed by atoms with Crippen LogP contribution in [0.15, 0.2) is 87.8 Å². The molecule has 9 heteroatoms. The third kappa shape index (κ3) is 6.27. The van der Waals surface area contributed by atoms with Gasteiger partial charge in [-0.1, -0.05) is 65.4 Å². The number of allylic oxidation sites excluding steroid dienone is 1. The third-order valence-corrected chi connectivity index (χ3v) is 7.98. The Morgan fingerprint density at radius 3 is 2.51 bits per heavy atom. The van der Waals surface area contributed by atoms with Crippen LogP contribution in [-0.4, -0.2) is 30.9 Å². The minimum atomic E-state index is -0.757. The van der Waals surface area contributed by atoms with Crippen molar-refractivity contribution in [3.63, 3.8) is 0 Å². The Labute approximate surface area is 254 Å². The zero-order valence-corrected chi connectivity index (χ0v) is 25.7. The van der Waals surface area contributed by atoms with Crippen LogP contribution in [0.2, 0.25) is 0 Å². The van der Waals surface area contributed by atoms with Gasteiger partial charge >= 0.3 is 5.97 Å². The molecule has 0 amide bonds. The summed E-state index contributed by atoms with van der Waals surface area (Å²) in [6.45, 7) is 8.49. The van der Waals surface area contributed by atoms with Gasteiger partial charge in [-0.25, -0.2) is 9.79 Å². The number of aromatic nitrogens is 1. The van der Waals surface area contributed by atoms with E-state index >= 15 is 0 Å². The van der Waals surface area contributed by atoms with E-state index in [-0.39, 0.29) is 12.2 Å². The summed E-state index contributed by atoms with van der Waals surface area (Å²) in [7, 11) is 1.59. The summed E-state index contributed by atoms with van der Waals surface area (Å²) in [5, 5.41) is 0. The normalized spacial score (nSPS) is 14.6. The van der Waals surface area contributed by atoms with Crippen LogP contribution < -0.4 is 29.1 Å². The highest BCUT2D eigenvalue weighted by molar-refractivity contribution is 7.07. The number of aryl methyl sites for hydroxylation is 1. The maximum absolute atomic E-state index is 14.0. The molecule has 222 valence electrons. The monoisotopic (exact) mass is 598 g/mol. The summed E-state index contributed by atoms with van der Waals surface area (Å²) in [5.74, 6) is 1.23. The van der Waals surface area contributed by atoms with Crippen molar-refractivity contribution in [1.82, 2.24) is 4.57 Å². The number of rotatable bonds is 10. The fourth-order valence-corrected chi connectivity index (χ4v) is 6.13. The first-order valence-corrected chi connectivity index (χ1v) is 14.9. The van der Waals surface area contributed by atoms with Crippen LogP contribution in [0.25, 0.3) is 6.08 Å². The molecule has 0 aliphatic carbocycles. The Bertz CT molecular complexity index is 1870. The van der Waals surface area contributed by atoms with Crippen LogP contribution >= 0.6 is 11.3 Å². The molecule has 8 nitrogen and oxygen atoms in total. The smallest absolute Gasteiger partial charge is 0.338 e. The van der Waals surface area contributed by atoms with E-state index in [4.69, 9.17) is 18.9 Å². The van der Waals surface area contributed by atoms with Crippen molar-refractivity contribution >= 4 is 23.4 Å². The number of para-hydroxylation sites is 1. The van der Waals surface area contributed by atoms with E-state index in [1.807, 2.05) is 74.5 Å². The molecule has 0 bridgehead atoms. The molecular weight excluding hydrogens is 564 g/mol. The van der Waals surface area contributed by atoms with Crippen molar-refractivity contribution in [3.05, 3.63) is 120 Å².